The van der Waals surface area contributed by atoms with Gasteiger partial charge < -0.3 is 20.1 Å². The van der Waals surface area contributed by atoms with Crippen LogP contribution in [0.3, 0.4) is 0 Å². The Morgan fingerprint density at radius 2 is 2.03 bits per heavy atom. The molecule has 10 heteroatoms. The van der Waals surface area contributed by atoms with Crippen LogP contribution >= 0.6 is 0 Å². The van der Waals surface area contributed by atoms with E-state index in [2.05, 4.69) is 19.4 Å². The molecule has 5 rings (SSSR count). The molecule has 4 heterocycles. The Labute approximate surface area is 203 Å². The summed E-state index contributed by atoms with van der Waals surface area (Å²) >= 11 is 0. The molecule has 2 saturated heterocycles. The van der Waals surface area contributed by atoms with Crippen molar-refractivity contribution in [3.05, 3.63) is 53.5 Å². The molecule has 2 atom stereocenters. The van der Waals surface area contributed by atoms with Gasteiger partial charge in [0, 0.05) is 31.4 Å². The first-order valence-electron chi connectivity index (χ1n) is 11.9. The first-order valence-corrected chi connectivity index (χ1v) is 11.9. The maximum Gasteiger partial charge on any atom is 0.152 e. The molecule has 0 amide bonds. The van der Waals surface area contributed by atoms with Gasteiger partial charge in [-0.05, 0) is 56.6 Å². The van der Waals surface area contributed by atoms with Crippen molar-refractivity contribution in [3.63, 3.8) is 0 Å². The highest BCUT2D eigenvalue weighted by molar-refractivity contribution is 5.64. The molecule has 0 aliphatic carbocycles. The Kier molecular flexibility index (Phi) is 6.34. The van der Waals surface area contributed by atoms with E-state index in [1.165, 1.54) is 18.8 Å². The van der Waals surface area contributed by atoms with Gasteiger partial charge in [-0.3, -0.25) is 0 Å². The number of alkyl halides is 1. The SMILES string of the molecule is Cc1cc(-c2cn(CCN3CCC3)c(C3CCN(c4ncnc(N)c4C#N)CC3F)n2)ccc1F. The van der Waals surface area contributed by atoms with E-state index in [1.807, 2.05) is 12.3 Å². The number of rotatable bonds is 6. The van der Waals surface area contributed by atoms with Gasteiger partial charge >= 0.3 is 0 Å². The number of benzene rings is 1. The Morgan fingerprint density at radius 1 is 1.20 bits per heavy atom. The van der Waals surface area contributed by atoms with Crippen molar-refractivity contribution in [2.24, 2.45) is 0 Å². The van der Waals surface area contributed by atoms with E-state index in [1.54, 1.807) is 24.0 Å². The standard InChI is InChI=1S/C25H28F2N8/c1-16-11-17(3-4-20(16)26)22-14-35(10-9-33-6-2-7-33)25(32-22)18-5-8-34(13-21(18)27)24-19(12-28)23(29)30-15-31-24/h3-4,11,14-15,18,21H,2,5-10,13H2,1H3,(H2,29,30,31). The molecule has 2 unspecified atom stereocenters. The van der Waals surface area contributed by atoms with Gasteiger partial charge in [-0.25, -0.2) is 23.7 Å². The van der Waals surface area contributed by atoms with E-state index in [-0.39, 0.29) is 23.7 Å². The van der Waals surface area contributed by atoms with Crippen LogP contribution in [0.15, 0.2) is 30.7 Å². The second-order valence-electron chi connectivity index (χ2n) is 9.26. The summed E-state index contributed by atoms with van der Waals surface area (Å²) in [6.07, 6.45) is 3.77. The molecule has 0 radical (unpaired) electrons. The van der Waals surface area contributed by atoms with Crippen molar-refractivity contribution in [1.82, 2.24) is 24.4 Å². The molecule has 2 N–H and O–H groups in total. The average molecular weight is 479 g/mol. The molecule has 0 saturated carbocycles. The third kappa shape index (κ3) is 4.56. The maximum absolute atomic E-state index is 15.7. The summed E-state index contributed by atoms with van der Waals surface area (Å²) in [5.41, 5.74) is 8.08. The van der Waals surface area contributed by atoms with Gasteiger partial charge in [0.2, 0.25) is 0 Å². The molecule has 2 aliphatic heterocycles. The van der Waals surface area contributed by atoms with E-state index in [0.717, 1.165) is 37.4 Å². The molecular weight excluding hydrogens is 450 g/mol. The van der Waals surface area contributed by atoms with Gasteiger partial charge in [0.15, 0.2) is 5.82 Å². The molecular formula is C25H28F2N8. The molecule has 2 aromatic heterocycles. The molecule has 35 heavy (non-hydrogen) atoms. The smallest absolute Gasteiger partial charge is 0.152 e. The van der Waals surface area contributed by atoms with Crippen molar-refractivity contribution in [2.75, 3.05) is 43.4 Å². The lowest BCUT2D eigenvalue weighted by atomic mass is 9.93. The van der Waals surface area contributed by atoms with Crippen molar-refractivity contribution in [1.29, 1.82) is 5.26 Å². The fraction of sp³-hybridized carbons (Fsp3) is 0.440. The summed E-state index contributed by atoms with van der Waals surface area (Å²) in [4.78, 5) is 17.0. The van der Waals surface area contributed by atoms with Gasteiger partial charge in [0.05, 0.1) is 18.2 Å². The summed E-state index contributed by atoms with van der Waals surface area (Å²) in [5.74, 6) is 0.505. The number of hydrogen-bond acceptors (Lipinski definition) is 7. The van der Waals surface area contributed by atoms with Crippen LogP contribution in [0.5, 0.6) is 0 Å². The summed E-state index contributed by atoms with van der Waals surface area (Å²) in [6.45, 7) is 6.09. The summed E-state index contributed by atoms with van der Waals surface area (Å²) in [5, 5.41) is 9.47. The highest BCUT2D eigenvalue weighted by atomic mass is 19.1. The number of hydrogen-bond donors (Lipinski definition) is 1. The Bertz CT molecular complexity index is 1260. The maximum atomic E-state index is 15.7. The third-order valence-electron chi connectivity index (χ3n) is 7.01. The van der Waals surface area contributed by atoms with Crippen molar-refractivity contribution in [2.45, 2.75) is 38.4 Å². The number of likely N-dealkylation sites (tertiary alicyclic amines) is 1. The minimum absolute atomic E-state index is 0.0831. The number of aryl methyl sites for hydroxylation is 1. The van der Waals surface area contributed by atoms with Crippen LogP contribution in [-0.2, 0) is 6.54 Å². The van der Waals surface area contributed by atoms with Crippen LogP contribution in [0.1, 0.15) is 35.7 Å². The molecule has 0 bridgehead atoms. The van der Waals surface area contributed by atoms with Gasteiger partial charge in [0.1, 0.15) is 41.6 Å². The van der Waals surface area contributed by atoms with E-state index in [4.69, 9.17) is 10.7 Å². The van der Waals surface area contributed by atoms with E-state index in [9.17, 15) is 9.65 Å². The van der Waals surface area contributed by atoms with Crippen LogP contribution in [0.25, 0.3) is 11.3 Å². The Balaban J connectivity index is 1.42. The van der Waals surface area contributed by atoms with Crippen molar-refractivity contribution in [3.8, 4) is 17.3 Å². The summed E-state index contributed by atoms with van der Waals surface area (Å²) in [6, 6.07) is 6.97. The molecule has 8 nitrogen and oxygen atoms in total. The minimum atomic E-state index is -1.21. The van der Waals surface area contributed by atoms with Crippen LogP contribution < -0.4 is 10.6 Å². The zero-order valence-electron chi connectivity index (χ0n) is 19.7. The summed E-state index contributed by atoms with van der Waals surface area (Å²) in [7, 11) is 0. The monoisotopic (exact) mass is 478 g/mol. The molecule has 2 aliphatic rings. The van der Waals surface area contributed by atoms with Crippen molar-refractivity contribution >= 4 is 11.6 Å². The molecule has 182 valence electrons. The van der Waals surface area contributed by atoms with Crippen LogP contribution in [0, 0.1) is 24.1 Å². The second kappa shape index (κ2) is 9.58. The first-order chi connectivity index (χ1) is 16.9. The average Bonchev–Trinajstić information content (AvgIpc) is 3.23. The number of nitriles is 1. The largest absolute Gasteiger partial charge is 0.382 e. The minimum Gasteiger partial charge on any atom is -0.382 e. The molecule has 0 spiro atoms. The van der Waals surface area contributed by atoms with Crippen LogP contribution in [0.2, 0.25) is 0 Å². The predicted octanol–water partition coefficient (Wildman–Crippen LogP) is 3.28. The summed E-state index contributed by atoms with van der Waals surface area (Å²) < 4.78 is 31.6. The quantitative estimate of drug-likeness (QED) is 0.580. The number of aromatic nitrogens is 4. The van der Waals surface area contributed by atoms with Gasteiger partial charge in [0.25, 0.3) is 0 Å². The number of nitrogens with two attached hydrogens (primary N) is 1. The highest BCUT2D eigenvalue weighted by Crippen LogP contribution is 2.35. The number of nitrogen functional groups attached to an aromatic ring is 1. The molecule has 2 fully saturated rings. The lowest BCUT2D eigenvalue weighted by molar-refractivity contribution is 0.172. The van der Waals surface area contributed by atoms with Crippen LogP contribution in [0.4, 0.5) is 20.4 Å². The number of halogens is 2. The van der Waals surface area contributed by atoms with Gasteiger partial charge in [-0.15, -0.1) is 0 Å². The zero-order valence-corrected chi connectivity index (χ0v) is 19.7. The third-order valence-corrected chi connectivity index (χ3v) is 7.01. The van der Waals surface area contributed by atoms with E-state index >= 15 is 4.39 Å². The molecule has 3 aromatic rings. The van der Waals surface area contributed by atoms with Crippen LogP contribution in [-0.4, -0.2) is 63.3 Å². The fourth-order valence-corrected chi connectivity index (χ4v) is 4.83. The zero-order chi connectivity index (χ0) is 24.5. The van der Waals surface area contributed by atoms with Gasteiger partial charge in [-0.2, -0.15) is 5.26 Å². The lowest BCUT2D eigenvalue weighted by Gasteiger charge is -2.36. The fourth-order valence-electron chi connectivity index (χ4n) is 4.83. The highest BCUT2D eigenvalue weighted by Gasteiger charge is 2.35. The number of nitrogens with zero attached hydrogens (tertiary/aromatic N) is 7. The normalized spacial score (nSPS) is 20.5. The Morgan fingerprint density at radius 3 is 2.71 bits per heavy atom. The van der Waals surface area contributed by atoms with Gasteiger partial charge in [-0.1, -0.05) is 0 Å². The topological polar surface area (TPSA) is 99.9 Å². The lowest BCUT2D eigenvalue weighted by Crippen LogP contribution is -2.43. The first kappa shape index (κ1) is 23.2. The number of piperidine rings is 1. The Hall–Kier alpha value is -3.58. The molecule has 1 aromatic carbocycles. The van der Waals surface area contributed by atoms with E-state index < -0.39 is 12.1 Å². The number of anilines is 2. The second-order valence-corrected chi connectivity index (χ2v) is 9.26. The van der Waals surface area contributed by atoms with E-state index in [0.29, 0.717) is 30.2 Å². The number of imidazole rings is 1. The van der Waals surface area contributed by atoms with Crippen molar-refractivity contribution < 1.29 is 8.78 Å². The predicted molar refractivity (Wildman–Crippen MR) is 129 cm³/mol.